The molecule has 1 aliphatic rings. The van der Waals surface area contributed by atoms with Gasteiger partial charge in [0.05, 0.1) is 5.60 Å². The van der Waals surface area contributed by atoms with Crippen LogP contribution in [0.25, 0.3) is 0 Å². The highest BCUT2D eigenvalue weighted by molar-refractivity contribution is 5.14. The van der Waals surface area contributed by atoms with E-state index in [0.29, 0.717) is 0 Å². The van der Waals surface area contributed by atoms with Crippen LogP contribution in [0.1, 0.15) is 50.5 Å². The Bertz CT molecular complexity index is 388. The normalized spacial score (nSPS) is 17.5. The summed E-state index contributed by atoms with van der Waals surface area (Å²) in [6, 6.07) is 10.7. The van der Waals surface area contributed by atoms with Crippen molar-refractivity contribution in [2.75, 3.05) is 26.2 Å². The Morgan fingerprint density at radius 1 is 0.864 bits per heavy atom. The Morgan fingerprint density at radius 3 is 2.36 bits per heavy atom. The first-order valence-corrected chi connectivity index (χ1v) is 8.96. The fourth-order valence-electron chi connectivity index (χ4n) is 3.23. The van der Waals surface area contributed by atoms with Gasteiger partial charge in [-0.3, -0.25) is 0 Å². The SMILES string of the molecule is OC1(CNCCNCCCCc2ccccc2)CCCCC1. The molecule has 0 bridgehead atoms. The van der Waals surface area contributed by atoms with Crippen molar-refractivity contribution in [3.05, 3.63) is 35.9 Å². The number of rotatable bonds is 10. The van der Waals surface area contributed by atoms with E-state index < -0.39 is 5.60 Å². The highest BCUT2D eigenvalue weighted by Gasteiger charge is 2.28. The Labute approximate surface area is 135 Å². The third-order valence-corrected chi connectivity index (χ3v) is 4.63. The molecular formula is C19H32N2O. The molecule has 124 valence electrons. The number of hydrogen-bond donors (Lipinski definition) is 3. The van der Waals surface area contributed by atoms with E-state index in [1.54, 1.807) is 0 Å². The maximum Gasteiger partial charge on any atom is 0.0771 e. The van der Waals surface area contributed by atoms with Gasteiger partial charge in [0.25, 0.3) is 0 Å². The molecular weight excluding hydrogens is 272 g/mol. The zero-order valence-electron chi connectivity index (χ0n) is 13.8. The maximum atomic E-state index is 10.4. The van der Waals surface area contributed by atoms with E-state index in [0.717, 1.165) is 39.0 Å². The highest BCUT2D eigenvalue weighted by Crippen LogP contribution is 2.27. The predicted molar refractivity (Wildman–Crippen MR) is 93.2 cm³/mol. The Kier molecular flexibility index (Phi) is 7.92. The maximum absolute atomic E-state index is 10.4. The van der Waals surface area contributed by atoms with E-state index in [1.165, 1.54) is 44.1 Å². The fourth-order valence-corrected chi connectivity index (χ4v) is 3.23. The average Bonchev–Trinajstić information content (AvgIpc) is 2.55. The van der Waals surface area contributed by atoms with Gasteiger partial charge in [0.2, 0.25) is 0 Å². The van der Waals surface area contributed by atoms with Crippen molar-refractivity contribution in [1.82, 2.24) is 10.6 Å². The van der Waals surface area contributed by atoms with Crippen LogP contribution in [0.15, 0.2) is 30.3 Å². The molecule has 0 atom stereocenters. The zero-order valence-corrected chi connectivity index (χ0v) is 13.8. The van der Waals surface area contributed by atoms with Gasteiger partial charge in [-0.2, -0.15) is 0 Å². The Hall–Kier alpha value is -0.900. The van der Waals surface area contributed by atoms with Gasteiger partial charge in [0, 0.05) is 19.6 Å². The fraction of sp³-hybridized carbons (Fsp3) is 0.684. The molecule has 0 aliphatic heterocycles. The van der Waals surface area contributed by atoms with Crippen LogP contribution in [0.5, 0.6) is 0 Å². The second-order valence-corrected chi connectivity index (χ2v) is 6.65. The highest BCUT2D eigenvalue weighted by atomic mass is 16.3. The van der Waals surface area contributed by atoms with Gasteiger partial charge >= 0.3 is 0 Å². The van der Waals surface area contributed by atoms with E-state index in [2.05, 4.69) is 41.0 Å². The molecule has 3 N–H and O–H groups in total. The molecule has 0 unspecified atom stereocenters. The molecule has 0 amide bonds. The third-order valence-electron chi connectivity index (χ3n) is 4.63. The minimum atomic E-state index is -0.437. The van der Waals surface area contributed by atoms with Gasteiger partial charge < -0.3 is 15.7 Å². The summed E-state index contributed by atoms with van der Waals surface area (Å²) in [6.07, 6.45) is 9.21. The summed E-state index contributed by atoms with van der Waals surface area (Å²) in [6.45, 7) is 3.77. The van der Waals surface area contributed by atoms with E-state index >= 15 is 0 Å². The summed E-state index contributed by atoms with van der Waals surface area (Å²) in [5.41, 5.74) is 0.999. The molecule has 0 saturated heterocycles. The van der Waals surface area contributed by atoms with Crippen LogP contribution in [-0.4, -0.2) is 36.9 Å². The molecule has 3 nitrogen and oxygen atoms in total. The van der Waals surface area contributed by atoms with Crippen molar-refractivity contribution in [1.29, 1.82) is 0 Å². The van der Waals surface area contributed by atoms with Gasteiger partial charge in [-0.1, -0.05) is 49.6 Å². The lowest BCUT2D eigenvalue weighted by atomic mass is 9.85. The van der Waals surface area contributed by atoms with Crippen molar-refractivity contribution in [2.45, 2.75) is 57.0 Å². The first-order chi connectivity index (χ1) is 10.8. The second kappa shape index (κ2) is 9.98. The van der Waals surface area contributed by atoms with E-state index in [9.17, 15) is 5.11 Å². The first kappa shape index (κ1) is 17.5. The van der Waals surface area contributed by atoms with Crippen LogP contribution < -0.4 is 10.6 Å². The standard InChI is InChI=1S/C19H32N2O/c22-19(12-6-2-7-13-19)17-21-16-15-20-14-8-5-11-18-9-3-1-4-10-18/h1,3-4,9-10,20-22H,2,5-8,11-17H2. The van der Waals surface area contributed by atoms with Crippen molar-refractivity contribution in [3.8, 4) is 0 Å². The number of hydrogen-bond acceptors (Lipinski definition) is 3. The predicted octanol–water partition coefficient (Wildman–Crippen LogP) is 2.88. The number of benzene rings is 1. The van der Waals surface area contributed by atoms with E-state index in [1.807, 2.05) is 0 Å². The molecule has 0 spiro atoms. The van der Waals surface area contributed by atoms with Crippen LogP contribution in [0, 0.1) is 0 Å². The molecule has 2 rings (SSSR count). The van der Waals surface area contributed by atoms with Crippen LogP contribution >= 0.6 is 0 Å². The molecule has 0 aromatic heterocycles. The monoisotopic (exact) mass is 304 g/mol. The molecule has 22 heavy (non-hydrogen) atoms. The van der Waals surface area contributed by atoms with Crippen molar-refractivity contribution in [3.63, 3.8) is 0 Å². The number of unbranched alkanes of at least 4 members (excludes halogenated alkanes) is 1. The summed E-state index contributed by atoms with van der Waals surface area (Å²) < 4.78 is 0. The van der Waals surface area contributed by atoms with Gasteiger partial charge in [0.15, 0.2) is 0 Å². The van der Waals surface area contributed by atoms with Gasteiger partial charge in [-0.15, -0.1) is 0 Å². The smallest absolute Gasteiger partial charge is 0.0771 e. The minimum Gasteiger partial charge on any atom is -0.389 e. The average molecular weight is 304 g/mol. The van der Waals surface area contributed by atoms with Crippen LogP contribution in [0.4, 0.5) is 0 Å². The largest absolute Gasteiger partial charge is 0.389 e. The lowest BCUT2D eigenvalue weighted by Gasteiger charge is -2.32. The quantitative estimate of drug-likeness (QED) is 0.582. The molecule has 1 aliphatic carbocycles. The van der Waals surface area contributed by atoms with Crippen LogP contribution in [-0.2, 0) is 6.42 Å². The van der Waals surface area contributed by atoms with E-state index in [4.69, 9.17) is 0 Å². The molecule has 1 aromatic carbocycles. The molecule has 1 saturated carbocycles. The van der Waals surface area contributed by atoms with Crippen molar-refractivity contribution >= 4 is 0 Å². The topological polar surface area (TPSA) is 44.3 Å². The lowest BCUT2D eigenvalue weighted by molar-refractivity contribution is 0.00519. The van der Waals surface area contributed by atoms with Crippen LogP contribution in [0.2, 0.25) is 0 Å². The summed E-state index contributed by atoms with van der Waals surface area (Å²) in [4.78, 5) is 0. The van der Waals surface area contributed by atoms with Crippen LogP contribution in [0.3, 0.4) is 0 Å². The zero-order chi connectivity index (χ0) is 15.5. The summed E-state index contributed by atoms with van der Waals surface area (Å²) in [5, 5.41) is 17.2. The Balaban J connectivity index is 1.40. The van der Waals surface area contributed by atoms with Gasteiger partial charge in [-0.25, -0.2) is 0 Å². The third kappa shape index (κ3) is 6.91. The summed E-state index contributed by atoms with van der Waals surface area (Å²) in [5.74, 6) is 0. The number of aryl methyl sites for hydroxylation is 1. The molecule has 0 radical (unpaired) electrons. The summed E-state index contributed by atoms with van der Waals surface area (Å²) in [7, 11) is 0. The number of nitrogens with one attached hydrogen (secondary N) is 2. The van der Waals surface area contributed by atoms with Crippen molar-refractivity contribution in [2.24, 2.45) is 0 Å². The Morgan fingerprint density at radius 2 is 1.59 bits per heavy atom. The molecule has 1 aromatic rings. The first-order valence-electron chi connectivity index (χ1n) is 8.96. The second-order valence-electron chi connectivity index (χ2n) is 6.65. The van der Waals surface area contributed by atoms with Gasteiger partial charge in [-0.05, 0) is 44.2 Å². The lowest BCUT2D eigenvalue weighted by Crippen LogP contribution is -2.43. The molecule has 1 fully saturated rings. The number of aliphatic hydroxyl groups is 1. The molecule has 0 heterocycles. The minimum absolute atomic E-state index is 0.437. The van der Waals surface area contributed by atoms with Crippen molar-refractivity contribution < 1.29 is 5.11 Å². The van der Waals surface area contributed by atoms with E-state index in [-0.39, 0.29) is 0 Å². The van der Waals surface area contributed by atoms with Gasteiger partial charge in [0.1, 0.15) is 0 Å². The summed E-state index contributed by atoms with van der Waals surface area (Å²) >= 11 is 0. The molecule has 3 heteroatoms.